The van der Waals surface area contributed by atoms with Crippen molar-refractivity contribution >= 4 is 24.4 Å². The van der Waals surface area contributed by atoms with Gasteiger partial charge in [-0.1, -0.05) is 12.1 Å². The molecule has 9 heteroatoms. The molecule has 0 saturated heterocycles. The molecular formula is C17H13FN4O3S. The predicted octanol–water partition coefficient (Wildman–Crippen LogP) is 3.09. The highest BCUT2D eigenvalue weighted by Gasteiger charge is 2.12. The van der Waals surface area contributed by atoms with Crippen LogP contribution >= 0.6 is 12.2 Å². The molecule has 1 aromatic heterocycles. The first-order chi connectivity index (χ1) is 12.5. The van der Waals surface area contributed by atoms with Crippen LogP contribution in [0.5, 0.6) is 5.75 Å². The van der Waals surface area contributed by atoms with E-state index in [1.807, 2.05) is 0 Å². The Morgan fingerprint density at radius 3 is 2.73 bits per heavy atom. The summed E-state index contributed by atoms with van der Waals surface area (Å²) in [4.78, 5) is 10.5. The molecule has 1 heterocycles. The SMILES string of the molecule is O=C(O)COc1ccc(/C=N\n2c(-c3ccccc3F)n[nH]c2=S)cc1. The highest BCUT2D eigenvalue weighted by atomic mass is 32.1. The molecule has 0 aliphatic carbocycles. The number of hydrogen-bond acceptors (Lipinski definition) is 5. The Balaban J connectivity index is 1.83. The molecule has 3 rings (SSSR count). The maximum Gasteiger partial charge on any atom is 0.341 e. The third kappa shape index (κ3) is 4.01. The number of halogens is 1. The minimum atomic E-state index is -1.05. The van der Waals surface area contributed by atoms with Gasteiger partial charge in [-0.3, -0.25) is 0 Å². The lowest BCUT2D eigenvalue weighted by Gasteiger charge is -2.03. The van der Waals surface area contributed by atoms with Crippen LogP contribution in [0.25, 0.3) is 11.4 Å². The summed E-state index contributed by atoms with van der Waals surface area (Å²) in [6, 6.07) is 12.8. The zero-order chi connectivity index (χ0) is 18.5. The maximum absolute atomic E-state index is 14.0. The molecule has 0 atom stereocenters. The standard InChI is InChI=1S/C17H13FN4O3S/c18-14-4-2-1-3-13(14)16-20-21-17(26)22(16)19-9-11-5-7-12(8-6-11)25-10-15(23)24/h1-9H,10H2,(H,21,26)(H,23,24)/b19-9-. The molecule has 0 saturated carbocycles. The Hall–Kier alpha value is -3.33. The summed E-state index contributed by atoms with van der Waals surface area (Å²) in [7, 11) is 0. The molecule has 7 nitrogen and oxygen atoms in total. The molecule has 2 aromatic carbocycles. The summed E-state index contributed by atoms with van der Waals surface area (Å²) in [5, 5.41) is 19.5. The third-order valence-corrected chi connectivity index (χ3v) is 3.59. The van der Waals surface area contributed by atoms with Crippen LogP contribution in [0.4, 0.5) is 4.39 Å². The Bertz CT molecular complexity index is 1010. The number of carboxylic acids is 1. The number of aliphatic carboxylic acids is 1. The van der Waals surface area contributed by atoms with Crippen molar-refractivity contribution in [2.24, 2.45) is 5.10 Å². The zero-order valence-corrected chi connectivity index (χ0v) is 14.1. The average molecular weight is 372 g/mol. The topological polar surface area (TPSA) is 92.5 Å². The molecule has 0 spiro atoms. The van der Waals surface area contributed by atoms with Gasteiger partial charge in [-0.2, -0.15) is 14.9 Å². The first-order valence-corrected chi connectivity index (χ1v) is 7.87. The van der Waals surface area contributed by atoms with E-state index >= 15 is 0 Å². The molecule has 0 unspecified atom stereocenters. The summed E-state index contributed by atoms with van der Waals surface area (Å²) in [5.74, 6) is -0.800. The van der Waals surface area contributed by atoms with Gasteiger partial charge in [0, 0.05) is 0 Å². The van der Waals surface area contributed by atoms with Crippen molar-refractivity contribution in [3.63, 3.8) is 0 Å². The van der Waals surface area contributed by atoms with E-state index in [9.17, 15) is 9.18 Å². The Morgan fingerprint density at radius 2 is 2.04 bits per heavy atom. The number of ether oxygens (including phenoxy) is 1. The number of H-pyrrole nitrogens is 1. The number of hydrogen-bond donors (Lipinski definition) is 2. The van der Waals surface area contributed by atoms with Gasteiger partial charge in [0.05, 0.1) is 11.8 Å². The number of aromatic nitrogens is 3. The summed E-state index contributed by atoms with van der Waals surface area (Å²) in [6.07, 6.45) is 1.52. The number of rotatable bonds is 6. The zero-order valence-electron chi connectivity index (χ0n) is 13.3. The fourth-order valence-electron chi connectivity index (χ4n) is 2.14. The smallest absolute Gasteiger partial charge is 0.341 e. The van der Waals surface area contributed by atoms with E-state index in [-0.39, 0.29) is 16.2 Å². The second-order valence-electron chi connectivity index (χ2n) is 5.14. The van der Waals surface area contributed by atoms with Crippen LogP contribution in [-0.2, 0) is 4.79 Å². The molecule has 2 N–H and O–H groups in total. The minimum Gasteiger partial charge on any atom is -0.482 e. The van der Waals surface area contributed by atoms with E-state index in [0.29, 0.717) is 5.75 Å². The largest absolute Gasteiger partial charge is 0.482 e. The minimum absolute atomic E-state index is 0.223. The molecule has 0 radical (unpaired) electrons. The van der Waals surface area contributed by atoms with E-state index in [2.05, 4.69) is 15.3 Å². The molecule has 0 amide bonds. The summed E-state index contributed by atoms with van der Waals surface area (Å²) >= 11 is 5.14. The third-order valence-electron chi connectivity index (χ3n) is 3.33. The summed E-state index contributed by atoms with van der Waals surface area (Å²) in [6.45, 7) is -0.413. The molecule has 0 aliphatic heterocycles. The molecule has 3 aromatic rings. The molecule has 132 valence electrons. The first kappa shape index (κ1) is 17.5. The fraction of sp³-hybridized carbons (Fsp3) is 0.0588. The van der Waals surface area contributed by atoms with Crippen molar-refractivity contribution < 1.29 is 19.0 Å². The van der Waals surface area contributed by atoms with Crippen molar-refractivity contribution in [2.75, 3.05) is 6.61 Å². The van der Waals surface area contributed by atoms with Gasteiger partial charge < -0.3 is 9.84 Å². The van der Waals surface area contributed by atoms with Crippen LogP contribution < -0.4 is 4.74 Å². The Kier molecular flexibility index (Phi) is 5.18. The van der Waals surface area contributed by atoms with Gasteiger partial charge in [0.25, 0.3) is 0 Å². The lowest BCUT2D eigenvalue weighted by molar-refractivity contribution is -0.139. The van der Waals surface area contributed by atoms with Crippen molar-refractivity contribution in [2.45, 2.75) is 0 Å². The summed E-state index contributed by atoms with van der Waals surface area (Å²) < 4.78 is 20.6. The number of carbonyl (C=O) groups is 1. The predicted molar refractivity (Wildman–Crippen MR) is 95.4 cm³/mol. The lowest BCUT2D eigenvalue weighted by Crippen LogP contribution is -2.09. The van der Waals surface area contributed by atoms with Crippen LogP contribution in [0, 0.1) is 10.6 Å². The van der Waals surface area contributed by atoms with E-state index in [0.717, 1.165) is 5.56 Å². The molecule has 26 heavy (non-hydrogen) atoms. The Morgan fingerprint density at radius 1 is 1.31 bits per heavy atom. The molecular weight excluding hydrogens is 359 g/mol. The van der Waals surface area contributed by atoms with Crippen LogP contribution in [0.3, 0.4) is 0 Å². The quantitative estimate of drug-likeness (QED) is 0.512. The van der Waals surface area contributed by atoms with Crippen LogP contribution in [-0.4, -0.2) is 38.8 Å². The summed E-state index contributed by atoms with van der Waals surface area (Å²) in [5.41, 5.74) is 0.990. The highest BCUT2D eigenvalue weighted by molar-refractivity contribution is 7.71. The normalized spacial score (nSPS) is 11.0. The van der Waals surface area contributed by atoms with Crippen molar-refractivity contribution in [1.82, 2.24) is 14.9 Å². The number of nitrogens with one attached hydrogen (secondary N) is 1. The van der Waals surface area contributed by atoms with Gasteiger partial charge >= 0.3 is 5.97 Å². The van der Waals surface area contributed by atoms with Crippen molar-refractivity contribution in [3.05, 3.63) is 64.7 Å². The van der Waals surface area contributed by atoms with Crippen LogP contribution in [0.1, 0.15) is 5.56 Å². The monoisotopic (exact) mass is 372 g/mol. The molecule has 0 fully saturated rings. The van der Waals surface area contributed by atoms with Gasteiger partial charge in [-0.25, -0.2) is 14.3 Å². The van der Waals surface area contributed by atoms with E-state index in [4.69, 9.17) is 22.1 Å². The van der Waals surface area contributed by atoms with E-state index < -0.39 is 18.4 Å². The fourth-order valence-corrected chi connectivity index (χ4v) is 2.31. The van der Waals surface area contributed by atoms with Crippen LogP contribution in [0.2, 0.25) is 0 Å². The van der Waals surface area contributed by atoms with Gasteiger partial charge in [-0.05, 0) is 54.2 Å². The molecule has 0 aliphatic rings. The Labute approximate surface area is 152 Å². The van der Waals surface area contributed by atoms with Gasteiger partial charge in [0.1, 0.15) is 11.6 Å². The van der Waals surface area contributed by atoms with Gasteiger partial charge in [0.15, 0.2) is 12.4 Å². The van der Waals surface area contributed by atoms with Crippen molar-refractivity contribution in [3.8, 4) is 17.1 Å². The lowest BCUT2D eigenvalue weighted by atomic mass is 10.2. The second kappa shape index (κ2) is 7.70. The van der Waals surface area contributed by atoms with Gasteiger partial charge in [-0.15, -0.1) is 0 Å². The average Bonchev–Trinajstić information content (AvgIpc) is 3.00. The number of nitrogens with zero attached hydrogens (tertiary/aromatic N) is 3. The van der Waals surface area contributed by atoms with Crippen LogP contribution in [0.15, 0.2) is 53.6 Å². The van der Waals surface area contributed by atoms with E-state index in [1.54, 1.807) is 42.5 Å². The maximum atomic E-state index is 14.0. The highest BCUT2D eigenvalue weighted by Crippen LogP contribution is 2.20. The van der Waals surface area contributed by atoms with Crippen molar-refractivity contribution in [1.29, 1.82) is 0 Å². The second-order valence-corrected chi connectivity index (χ2v) is 5.53. The van der Waals surface area contributed by atoms with Gasteiger partial charge in [0.2, 0.25) is 4.77 Å². The van der Waals surface area contributed by atoms with E-state index in [1.165, 1.54) is 17.0 Å². The first-order valence-electron chi connectivity index (χ1n) is 7.46. The number of carboxylic acid groups (broad SMARTS) is 1. The molecule has 0 bridgehead atoms. The number of aromatic amines is 1. The number of benzene rings is 2.